The van der Waals surface area contributed by atoms with E-state index in [1.54, 1.807) is 42.1 Å². The van der Waals surface area contributed by atoms with Gasteiger partial charge < -0.3 is 20.1 Å². The maximum absolute atomic E-state index is 13.7. The molecule has 2 N–H and O–H groups in total. The van der Waals surface area contributed by atoms with Crippen LogP contribution in [-0.4, -0.2) is 37.3 Å². The second-order valence-electron chi connectivity index (χ2n) is 6.67. The van der Waals surface area contributed by atoms with E-state index in [-0.39, 0.29) is 17.0 Å². The molecule has 0 heterocycles. The zero-order chi connectivity index (χ0) is 23.6. The molecule has 0 fully saturated rings. The number of nitrogens with one attached hydrogen (secondary N) is 2. The van der Waals surface area contributed by atoms with E-state index in [1.165, 1.54) is 30.3 Å². The summed E-state index contributed by atoms with van der Waals surface area (Å²) in [4.78, 5) is 37.7. The number of rotatable bonds is 9. The van der Waals surface area contributed by atoms with Crippen LogP contribution < -0.4 is 15.4 Å². The van der Waals surface area contributed by atoms with Crippen molar-refractivity contribution in [3.05, 3.63) is 84.2 Å². The van der Waals surface area contributed by atoms with Crippen molar-refractivity contribution in [1.82, 2.24) is 0 Å². The Morgan fingerprint density at radius 3 is 2.24 bits per heavy atom. The van der Waals surface area contributed by atoms with Crippen LogP contribution in [0.3, 0.4) is 0 Å². The number of ether oxygens (including phenoxy) is 2. The molecule has 0 bridgehead atoms. The summed E-state index contributed by atoms with van der Waals surface area (Å²) in [5.74, 6) is -2.36. The van der Waals surface area contributed by atoms with Gasteiger partial charge in [-0.25, -0.2) is 9.18 Å². The summed E-state index contributed by atoms with van der Waals surface area (Å²) in [6.45, 7) is -0.948. The van der Waals surface area contributed by atoms with Gasteiger partial charge in [-0.05, 0) is 54.8 Å². The molecule has 2 amide bonds. The Balaban J connectivity index is 1.53. The molecule has 3 aromatic rings. The van der Waals surface area contributed by atoms with Crippen molar-refractivity contribution in [2.75, 3.05) is 30.1 Å². The number of hydrogen-bond donors (Lipinski definition) is 2. The summed E-state index contributed by atoms with van der Waals surface area (Å²) in [5, 5.41) is 5.03. The molecule has 170 valence electrons. The number of anilines is 2. The van der Waals surface area contributed by atoms with Crippen LogP contribution in [0, 0.1) is 5.82 Å². The Morgan fingerprint density at radius 2 is 1.52 bits per heavy atom. The van der Waals surface area contributed by atoms with Gasteiger partial charge in [0.25, 0.3) is 11.8 Å². The van der Waals surface area contributed by atoms with Crippen molar-refractivity contribution in [1.29, 1.82) is 0 Å². The van der Waals surface area contributed by atoms with Gasteiger partial charge in [0.1, 0.15) is 17.1 Å². The van der Waals surface area contributed by atoms with E-state index < -0.39 is 36.8 Å². The first-order valence-corrected chi connectivity index (χ1v) is 11.1. The van der Waals surface area contributed by atoms with Crippen LogP contribution in [0.1, 0.15) is 10.4 Å². The normalized spacial score (nSPS) is 10.2. The van der Waals surface area contributed by atoms with Gasteiger partial charge in [-0.15, -0.1) is 11.8 Å². The van der Waals surface area contributed by atoms with Crippen LogP contribution in [0.2, 0.25) is 0 Å². The third kappa shape index (κ3) is 7.08. The summed E-state index contributed by atoms with van der Waals surface area (Å²) in [5.41, 5.74) is 0.652. The quantitative estimate of drug-likeness (QED) is 0.358. The number of thioether (sulfide) groups is 1. The number of halogens is 1. The van der Waals surface area contributed by atoms with Crippen molar-refractivity contribution in [2.24, 2.45) is 0 Å². The number of carbonyl (C=O) groups is 3. The molecule has 0 aliphatic carbocycles. The fourth-order valence-corrected chi connectivity index (χ4v) is 3.14. The molecule has 0 unspecified atom stereocenters. The number of amides is 2. The molecule has 0 spiro atoms. The Kier molecular flexibility index (Phi) is 8.43. The van der Waals surface area contributed by atoms with Crippen molar-refractivity contribution < 1.29 is 28.2 Å². The van der Waals surface area contributed by atoms with Crippen LogP contribution in [0.5, 0.6) is 5.75 Å². The molecule has 9 heteroatoms. The van der Waals surface area contributed by atoms with Crippen LogP contribution >= 0.6 is 11.8 Å². The van der Waals surface area contributed by atoms with E-state index in [4.69, 9.17) is 9.47 Å². The third-order valence-corrected chi connectivity index (χ3v) is 5.07. The minimum atomic E-state index is -0.784. The molecular weight excluding hydrogens is 447 g/mol. The maximum Gasteiger partial charge on any atom is 0.342 e. The zero-order valence-electron chi connectivity index (χ0n) is 17.7. The second-order valence-corrected chi connectivity index (χ2v) is 7.55. The Bertz CT molecular complexity index is 1140. The van der Waals surface area contributed by atoms with Crippen LogP contribution in [0.25, 0.3) is 0 Å². The summed E-state index contributed by atoms with van der Waals surface area (Å²) in [6.07, 6.45) is 1.95. The highest BCUT2D eigenvalue weighted by Crippen LogP contribution is 2.20. The molecule has 0 aliphatic heterocycles. The highest BCUT2D eigenvalue weighted by Gasteiger charge is 2.17. The van der Waals surface area contributed by atoms with Crippen LogP contribution in [0.15, 0.2) is 77.7 Å². The number of esters is 1. The van der Waals surface area contributed by atoms with Gasteiger partial charge in [0, 0.05) is 10.6 Å². The fraction of sp³-hybridized carbons (Fsp3) is 0.125. The van der Waals surface area contributed by atoms with Gasteiger partial charge in [0.05, 0.1) is 5.69 Å². The first-order valence-electron chi connectivity index (χ1n) is 9.83. The number of carbonyl (C=O) groups excluding carboxylic acids is 3. The zero-order valence-corrected chi connectivity index (χ0v) is 18.5. The fourth-order valence-electron chi connectivity index (χ4n) is 2.73. The molecule has 7 nitrogen and oxygen atoms in total. The lowest BCUT2D eigenvalue weighted by Gasteiger charge is -2.12. The van der Waals surface area contributed by atoms with E-state index in [0.717, 1.165) is 4.90 Å². The number of hydrogen-bond acceptors (Lipinski definition) is 6. The smallest absolute Gasteiger partial charge is 0.342 e. The van der Waals surface area contributed by atoms with E-state index in [1.807, 2.05) is 18.4 Å². The number of benzene rings is 3. The van der Waals surface area contributed by atoms with E-state index in [9.17, 15) is 18.8 Å². The van der Waals surface area contributed by atoms with Gasteiger partial charge in [-0.3, -0.25) is 9.59 Å². The molecule has 0 radical (unpaired) electrons. The monoisotopic (exact) mass is 468 g/mol. The van der Waals surface area contributed by atoms with Crippen LogP contribution in [-0.2, 0) is 14.3 Å². The lowest BCUT2D eigenvalue weighted by atomic mass is 10.2. The Labute approximate surface area is 194 Å². The van der Waals surface area contributed by atoms with Crippen molar-refractivity contribution in [3.8, 4) is 5.75 Å². The van der Waals surface area contributed by atoms with Gasteiger partial charge in [0.2, 0.25) is 0 Å². The van der Waals surface area contributed by atoms with Crippen molar-refractivity contribution in [3.63, 3.8) is 0 Å². The summed E-state index contributed by atoms with van der Waals surface area (Å²) in [7, 11) is 0. The lowest BCUT2D eigenvalue weighted by molar-refractivity contribution is -0.119. The van der Waals surface area contributed by atoms with Gasteiger partial charge in [-0.2, -0.15) is 0 Å². The highest BCUT2D eigenvalue weighted by atomic mass is 32.2. The summed E-state index contributed by atoms with van der Waals surface area (Å²) < 4.78 is 24.2. The molecule has 33 heavy (non-hydrogen) atoms. The van der Waals surface area contributed by atoms with Gasteiger partial charge in [-0.1, -0.05) is 24.3 Å². The predicted octanol–water partition coefficient (Wildman–Crippen LogP) is 4.36. The molecule has 0 aromatic heterocycles. The SMILES string of the molecule is CSc1ccc(NC(=O)COC(=O)c2ccccc2OCC(=O)Nc2ccccc2F)cc1. The minimum Gasteiger partial charge on any atom is -0.483 e. The topological polar surface area (TPSA) is 93.7 Å². The van der Waals surface area contributed by atoms with E-state index >= 15 is 0 Å². The minimum absolute atomic E-state index is 0.0212. The van der Waals surface area contributed by atoms with Crippen molar-refractivity contribution in [2.45, 2.75) is 4.90 Å². The standard InChI is InChI=1S/C24H21FN2O5S/c1-33-17-12-10-16(11-13-17)26-22(28)15-32-24(30)18-6-2-5-9-21(18)31-14-23(29)27-20-8-4-3-7-19(20)25/h2-13H,14-15H2,1H3,(H,26,28)(H,27,29). The summed E-state index contributed by atoms with van der Waals surface area (Å²) in [6, 6.07) is 19.1. The first-order chi connectivity index (χ1) is 16.0. The van der Waals surface area contributed by atoms with Gasteiger partial charge >= 0.3 is 5.97 Å². The van der Waals surface area contributed by atoms with Crippen LogP contribution in [0.4, 0.5) is 15.8 Å². The largest absolute Gasteiger partial charge is 0.483 e. The average molecular weight is 469 g/mol. The van der Waals surface area contributed by atoms with E-state index in [0.29, 0.717) is 5.69 Å². The Hall–Kier alpha value is -3.85. The first kappa shape index (κ1) is 23.8. The molecule has 0 saturated heterocycles. The third-order valence-electron chi connectivity index (χ3n) is 4.32. The van der Waals surface area contributed by atoms with Gasteiger partial charge in [0.15, 0.2) is 13.2 Å². The maximum atomic E-state index is 13.7. The molecule has 3 rings (SSSR count). The van der Waals surface area contributed by atoms with E-state index in [2.05, 4.69) is 10.6 Å². The lowest BCUT2D eigenvalue weighted by Crippen LogP contribution is -2.23. The molecule has 0 atom stereocenters. The molecule has 0 aliphatic rings. The molecule has 3 aromatic carbocycles. The molecular formula is C24H21FN2O5S. The average Bonchev–Trinajstić information content (AvgIpc) is 2.83. The number of para-hydroxylation sites is 2. The highest BCUT2D eigenvalue weighted by molar-refractivity contribution is 7.98. The predicted molar refractivity (Wildman–Crippen MR) is 124 cm³/mol. The second kappa shape index (κ2) is 11.7. The molecule has 0 saturated carbocycles. The Morgan fingerprint density at radius 1 is 0.848 bits per heavy atom. The summed E-state index contributed by atoms with van der Waals surface area (Å²) >= 11 is 1.58. The van der Waals surface area contributed by atoms with Crippen molar-refractivity contribution >= 4 is 40.9 Å².